The van der Waals surface area contributed by atoms with Crippen LogP contribution in [0.2, 0.25) is 0 Å². The van der Waals surface area contributed by atoms with E-state index in [9.17, 15) is 4.79 Å². The molecule has 4 nitrogen and oxygen atoms in total. The molecule has 19 heavy (non-hydrogen) atoms. The zero-order valence-electron chi connectivity index (χ0n) is 11.7. The van der Waals surface area contributed by atoms with Crippen molar-refractivity contribution in [3.05, 3.63) is 30.0 Å². The molecule has 0 fully saturated rings. The Balaban J connectivity index is 2.22. The van der Waals surface area contributed by atoms with Crippen LogP contribution >= 0.6 is 0 Å². The number of benzene rings is 1. The van der Waals surface area contributed by atoms with Gasteiger partial charge in [-0.3, -0.25) is 0 Å². The summed E-state index contributed by atoms with van der Waals surface area (Å²) < 4.78 is 10.7. The highest BCUT2D eigenvalue weighted by Crippen LogP contribution is 2.25. The molecule has 0 aliphatic heterocycles. The summed E-state index contributed by atoms with van der Waals surface area (Å²) in [6.45, 7) is 7.54. The fraction of sp³-hybridized carbons (Fsp3) is 0.400. The fourth-order valence-electron chi connectivity index (χ4n) is 1.96. The molecule has 1 aromatic carbocycles. The zero-order valence-corrected chi connectivity index (χ0v) is 11.7. The van der Waals surface area contributed by atoms with Gasteiger partial charge in [-0.1, -0.05) is 0 Å². The normalized spacial score (nSPS) is 11.6. The molecule has 4 heteroatoms. The smallest absolute Gasteiger partial charge is 0.349 e. The number of carbonyl (C=O) groups is 1. The first kappa shape index (κ1) is 13.5. The van der Waals surface area contributed by atoms with Crippen molar-refractivity contribution in [1.82, 2.24) is 4.98 Å². The van der Waals surface area contributed by atoms with Gasteiger partial charge in [0.2, 0.25) is 0 Å². The van der Waals surface area contributed by atoms with Crippen molar-refractivity contribution < 1.29 is 14.3 Å². The van der Waals surface area contributed by atoms with E-state index >= 15 is 0 Å². The van der Waals surface area contributed by atoms with E-state index in [0.29, 0.717) is 12.4 Å². The molecule has 0 saturated carbocycles. The Labute approximate surface area is 112 Å². The van der Waals surface area contributed by atoms with Crippen LogP contribution in [0, 0.1) is 6.92 Å². The number of H-pyrrole nitrogens is 1. The summed E-state index contributed by atoms with van der Waals surface area (Å²) in [5, 5.41) is 1.12. The van der Waals surface area contributed by atoms with Crippen LogP contribution in [0.5, 0.6) is 5.75 Å². The van der Waals surface area contributed by atoms with E-state index in [0.717, 1.165) is 16.6 Å². The van der Waals surface area contributed by atoms with Crippen LogP contribution in [-0.4, -0.2) is 23.2 Å². The molecule has 0 spiro atoms. The minimum absolute atomic E-state index is 0.348. The highest BCUT2D eigenvalue weighted by Gasteiger charge is 2.31. The van der Waals surface area contributed by atoms with Crippen LogP contribution in [0.1, 0.15) is 26.5 Å². The summed E-state index contributed by atoms with van der Waals surface area (Å²) in [5.74, 6) is 0.283. The summed E-state index contributed by atoms with van der Waals surface area (Å²) in [6.07, 6.45) is 0. The van der Waals surface area contributed by atoms with Gasteiger partial charge in [-0.25, -0.2) is 4.79 Å². The summed E-state index contributed by atoms with van der Waals surface area (Å²) in [5.41, 5.74) is 1.09. The average Bonchev–Trinajstić information content (AvgIpc) is 2.68. The number of carbonyl (C=O) groups excluding carboxylic acids is 1. The molecule has 102 valence electrons. The summed E-state index contributed by atoms with van der Waals surface area (Å²) in [7, 11) is 0. The Bertz CT molecular complexity index is 598. The van der Waals surface area contributed by atoms with Crippen molar-refractivity contribution in [2.45, 2.75) is 33.3 Å². The number of hydrogen-bond acceptors (Lipinski definition) is 3. The van der Waals surface area contributed by atoms with E-state index in [-0.39, 0.29) is 5.97 Å². The van der Waals surface area contributed by atoms with Crippen LogP contribution in [0.15, 0.2) is 24.3 Å². The zero-order chi connectivity index (χ0) is 14.0. The molecule has 0 radical (unpaired) electrons. The first-order chi connectivity index (χ1) is 8.92. The fourth-order valence-corrected chi connectivity index (χ4v) is 1.96. The molecule has 2 rings (SSSR count). The van der Waals surface area contributed by atoms with Gasteiger partial charge in [-0.05, 0) is 51.3 Å². The Morgan fingerprint density at radius 2 is 2.05 bits per heavy atom. The number of rotatable bonds is 4. The van der Waals surface area contributed by atoms with Gasteiger partial charge >= 0.3 is 5.97 Å². The van der Waals surface area contributed by atoms with Gasteiger partial charge in [0.05, 0.1) is 6.61 Å². The lowest BCUT2D eigenvalue weighted by Crippen LogP contribution is -2.39. The number of hydrogen-bond donors (Lipinski definition) is 1. The van der Waals surface area contributed by atoms with Gasteiger partial charge in [0.25, 0.3) is 0 Å². The minimum Gasteiger partial charge on any atom is -0.476 e. The van der Waals surface area contributed by atoms with Gasteiger partial charge in [0, 0.05) is 17.3 Å². The second-order valence-corrected chi connectivity index (χ2v) is 5.03. The van der Waals surface area contributed by atoms with Crippen LogP contribution in [-0.2, 0) is 9.53 Å². The van der Waals surface area contributed by atoms with Crippen molar-refractivity contribution in [1.29, 1.82) is 0 Å². The van der Waals surface area contributed by atoms with E-state index < -0.39 is 5.60 Å². The summed E-state index contributed by atoms with van der Waals surface area (Å²) in [6, 6.07) is 7.78. The molecule has 0 atom stereocenters. The third-order valence-corrected chi connectivity index (χ3v) is 2.87. The van der Waals surface area contributed by atoms with Gasteiger partial charge in [-0.2, -0.15) is 0 Å². The van der Waals surface area contributed by atoms with Crippen molar-refractivity contribution in [3.8, 4) is 5.75 Å². The van der Waals surface area contributed by atoms with Crippen LogP contribution < -0.4 is 4.74 Å². The van der Waals surface area contributed by atoms with E-state index in [4.69, 9.17) is 9.47 Å². The third-order valence-electron chi connectivity index (χ3n) is 2.87. The Morgan fingerprint density at radius 3 is 2.74 bits per heavy atom. The lowest BCUT2D eigenvalue weighted by molar-refractivity contribution is -0.158. The molecule has 0 unspecified atom stereocenters. The lowest BCUT2D eigenvalue weighted by atomic mass is 10.1. The van der Waals surface area contributed by atoms with Crippen molar-refractivity contribution >= 4 is 16.9 Å². The number of nitrogens with one attached hydrogen (secondary N) is 1. The van der Waals surface area contributed by atoms with Crippen LogP contribution in [0.4, 0.5) is 0 Å². The van der Waals surface area contributed by atoms with E-state index in [2.05, 4.69) is 11.1 Å². The largest absolute Gasteiger partial charge is 0.476 e. The maximum absolute atomic E-state index is 11.8. The maximum Gasteiger partial charge on any atom is 0.349 e. The standard InChI is InChI=1S/C15H19NO3/c1-5-18-14(17)15(3,4)19-12-7-6-11-8-10(2)16-13(11)9-12/h6-9,16H,5H2,1-4H3. The van der Waals surface area contributed by atoms with Crippen LogP contribution in [0.3, 0.4) is 0 Å². The Kier molecular flexibility index (Phi) is 3.51. The monoisotopic (exact) mass is 261 g/mol. The number of fused-ring (bicyclic) bond motifs is 1. The molecular weight excluding hydrogens is 242 g/mol. The SMILES string of the molecule is CCOC(=O)C(C)(C)Oc1ccc2cc(C)[nH]c2c1. The highest BCUT2D eigenvalue weighted by atomic mass is 16.6. The van der Waals surface area contributed by atoms with Crippen molar-refractivity contribution in [2.75, 3.05) is 6.61 Å². The topological polar surface area (TPSA) is 51.3 Å². The second-order valence-electron chi connectivity index (χ2n) is 5.03. The summed E-state index contributed by atoms with van der Waals surface area (Å²) in [4.78, 5) is 15.0. The van der Waals surface area contributed by atoms with E-state index in [1.165, 1.54) is 0 Å². The first-order valence-electron chi connectivity index (χ1n) is 6.38. The summed E-state index contributed by atoms with van der Waals surface area (Å²) >= 11 is 0. The lowest BCUT2D eigenvalue weighted by Gasteiger charge is -2.24. The quantitative estimate of drug-likeness (QED) is 0.860. The predicted octanol–water partition coefficient (Wildman–Crippen LogP) is 3.20. The molecule has 1 aromatic heterocycles. The van der Waals surface area contributed by atoms with Gasteiger partial charge < -0.3 is 14.5 Å². The van der Waals surface area contributed by atoms with Crippen molar-refractivity contribution in [2.24, 2.45) is 0 Å². The van der Waals surface area contributed by atoms with E-state index in [1.54, 1.807) is 20.8 Å². The molecule has 0 aliphatic carbocycles. The Morgan fingerprint density at radius 1 is 1.32 bits per heavy atom. The molecule has 1 heterocycles. The van der Waals surface area contributed by atoms with Crippen molar-refractivity contribution in [3.63, 3.8) is 0 Å². The first-order valence-corrected chi connectivity index (χ1v) is 6.38. The average molecular weight is 261 g/mol. The molecule has 1 N–H and O–H groups in total. The third kappa shape index (κ3) is 2.89. The number of ether oxygens (including phenoxy) is 2. The molecular formula is C15H19NO3. The van der Waals surface area contributed by atoms with E-state index in [1.807, 2.05) is 25.1 Å². The number of esters is 1. The van der Waals surface area contributed by atoms with Gasteiger partial charge in [0.1, 0.15) is 5.75 Å². The minimum atomic E-state index is -0.995. The predicted molar refractivity (Wildman–Crippen MR) is 74.4 cm³/mol. The number of aromatic nitrogens is 1. The molecule has 0 saturated heterocycles. The molecule has 2 aromatic rings. The molecule has 0 aliphatic rings. The number of aryl methyl sites for hydroxylation is 1. The van der Waals surface area contributed by atoms with Crippen LogP contribution in [0.25, 0.3) is 10.9 Å². The number of aromatic amines is 1. The Hall–Kier alpha value is -1.97. The molecule has 0 bridgehead atoms. The highest BCUT2D eigenvalue weighted by molar-refractivity contribution is 5.82. The van der Waals surface area contributed by atoms with Gasteiger partial charge in [-0.15, -0.1) is 0 Å². The maximum atomic E-state index is 11.8. The van der Waals surface area contributed by atoms with Gasteiger partial charge in [0.15, 0.2) is 5.60 Å². The second kappa shape index (κ2) is 4.96. The molecule has 0 amide bonds.